The van der Waals surface area contributed by atoms with E-state index >= 15 is 0 Å². The molecule has 1 aliphatic heterocycles. The zero-order valence-corrected chi connectivity index (χ0v) is 18.7. The van der Waals surface area contributed by atoms with Gasteiger partial charge in [0.25, 0.3) is 0 Å². The van der Waals surface area contributed by atoms with Gasteiger partial charge in [-0.15, -0.1) is 0 Å². The van der Waals surface area contributed by atoms with Crippen molar-refractivity contribution in [1.29, 1.82) is 0 Å². The molecule has 0 fully saturated rings. The Hall–Kier alpha value is -2.65. The lowest BCUT2D eigenvalue weighted by molar-refractivity contribution is -0.140. The van der Waals surface area contributed by atoms with E-state index in [1.807, 2.05) is 25.1 Å². The van der Waals surface area contributed by atoms with Crippen LogP contribution in [0.5, 0.6) is 0 Å². The molecule has 0 saturated heterocycles. The number of allylic oxidation sites excluding steroid dienone is 1. The van der Waals surface area contributed by atoms with Gasteiger partial charge in [0.05, 0.1) is 18.2 Å². The topological polar surface area (TPSA) is 91.9 Å². The molecule has 1 unspecified atom stereocenters. The van der Waals surface area contributed by atoms with Gasteiger partial charge >= 0.3 is 12.0 Å². The van der Waals surface area contributed by atoms with E-state index in [0.717, 1.165) is 18.4 Å². The van der Waals surface area contributed by atoms with Gasteiger partial charge in [0.15, 0.2) is 5.11 Å². The van der Waals surface area contributed by atoms with Crippen molar-refractivity contribution in [3.05, 3.63) is 41.1 Å². The molecule has 8 nitrogen and oxygen atoms in total. The number of ether oxygens (including phenoxy) is 2. The molecule has 2 amide bonds. The van der Waals surface area contributed by atoms with Crippen LogP contribution in [0, 0.1) is 0 Å². The molecule has 164 valence electrons. The van der Waals surface area contributed by atoms with Crippen LogP contribution in [0.4, 0.5) is 10.5 Å². The molecular formula is C21H30N4O4S. The minimum absolute atomic E-state index is 0.159. The van der Waals surface area contributed by atoms with Crippen molar-refractivity contribution in [1.82, 2.24) is 15.5 Å². The molecule has 1 aromatic carbocycles. The van der Waals surface area contributed by atoms with Crippen LogP contribution < -0.4 is 16.0 Å². The Morgan fingerprint density at radius 2 is 2.07 bits per heavy atom. The molecule has 0 aliphatic carbocycles. The fourth-order valence-corrected chi connectivity index (χ4v) is 3.25. The summed E-state index contributed by atoms with van der Waals surface area (Å²) in [5.74, 6) is -0.438. The molecule has 2 rings (SSSR count). The molecule has 0 spiro atoms. The number of benzene rings is 1. The van der Waals surface area contributed by atoms with Crippen molar-refractivity contribution in [3.63, 3.8) is 0 Å². The van der Waals surface area contributed by atoms with Gasteiger partial charge in [0, 0.05) is 32.1 Å². The molecule has 0 aromatic heterocycles. The number of nitrogens with one attached hydrogen (secondary N) is 3. The first-order chi connectivity index (χ1) is 14.4. The first-order valence-corrected chi connectivity index (χ1v) is 10.4. The maximum Gasteiger partial charge on any atom is 0.338 e. The van der Waals surface area contributed by atoms with Gasteiger partial charge in [-0.2, -0.15) is 0 Å². The number of amides is 2. The van der Waals surface area contributed by atoms with Gasteiger partial charge in [-0.25, -0.2) is 9.59 Å². The number of carbonyl (C=O) groups is 2. The molecule has 0 radical (unpaired) electrons. The number of rotatable bonds is 9. The maximum atomic E-state index is 12.8. The smallest absolute Gasteiger partial charge is 0.338 e. The molecule has 0 bridgehead atoms. The SMILES string of the molecule is CCCCNC(=O)Nc1cccc(C2NC(=S)N(C)C(C)=C2C(=O)OCCOC)c1. The van der Waals surface area contributed by atoms with Crippen molar-refractivity contribution in [2.24, 2.45) is 0 Å². The Balaban J connectivity index is 2.25. The van der Waals surface area contributed by atoms with Crippen LogP contribution >= 0.6 is 12.2 Å². The van der Waals surface area contributed by atoms with Crippen LogP contribution in [0.3, 0.4) is 0 Å². The Morgan fingerprint density at radius 1 is 1.30 bits per heavy atom. The summed E-state index contributed by atoms with van der Waals surface area (Å²) >= 11 is 5.42. The summed E-state index contributed by atoms with van der Waals surface area (Å²) in [7, 11) is 3.34. The quantitative estimate of drug-likeness (QED) is 0.313. The van der Waals surface area contributed by atoms with Crippen molar-refractivity contribution < 1.29 is 19.1 Å². The summed E-state index contributed by atoms with van der Waals surface area (Å²) in [6, 6.07) is 6.56. The predicted octanol–water partition coefficient (Wildman–Crippen LogP) is 2.93. The first kappa shape index (κ1) is 23.6. The highest BCUT2D eigenvalue weighted by atomic mass is 32.1. The summed E-state index contributed by atoms with van der Waals surface area (Å²) in [4.78, 5) is 26.6. The van der Waals surface area contributed by atoms with Crippen molar-refractivity contribution in [3.8, 4) is 0 Å². The van der Waals surface area contributed by atoms with Gasteiger partial charge in [-0.05, 0) is 43.3 Å². The highest BCUT2D eigenvalue weighted by Gasteiger charge is 2.33. The highest BCUT2D eigenvalue weighted by Crippen LogP contribution is 2.31. The summed E-state index contributed by atoms with van der Waals surface area (Å²) in [5, 5.41) is 9.34. The Morgan fingerprint density at radius 3 is 2.77 bits per heavy atom. The average Bonchev–Trinajstić information content (AvgIpc) is 2.72. The minimum atomic E-state index is -0.492. The predicted molar refractivity (Wildman–Crippen MR) is 120 cm³/mol. The maximum absolute atomic E-state index is 12.8. The molecular weight excluding hydrogens is 404 g/mol. The number of hydrogen-bond acceptors (Lipinski definition) is 5. The van der Waals surface area contributed by atoms with Gasteiger partial charge in [0.2, 0.25) is 0 Å². The first-order valence-electron chi connectivity index (χ1n) is 9.94. The van der Waals surface area contributed by atoms with E-state index in [-0.39, 0.29) is 12.6 Å². The van der Waals surface area contributed by atoms with Gasteiger partial charge < -0.3 is 30.3 Å². The van der Waals surface area contributed by atoms with Crippen LogP contribution in [-0.2, 0) is 14.3 Å². The van der Waals surface area contributed by atoms with Crippen LogP contribution in [0.25, 0.3) is 0 Å². The summed E-state index contributed by atoms with van der Waals surface area (Å²) in [6.07, 6.45) is 1.93. The molecule has 0 saturated carbocycles. The van der Waals surface area contributed by atoms with E-state index in [4.69, 9.17) is 21.7 Å². The lowest BCUT2D eigenvalue weighted by Gasteiger charge is -2.35. The number of urea groups is 1. The molecule has 1 aliphatic rings. The van der Waals surface area contributed by atoms with E-state index in [0.29, 0.717) is 35.2 Å². The van der Waals surface area contributed by atoms with E-state index in [1.54, 1.807) is 25.1 Å². The second-order valence-corrected chi connectivity index (χ2v) is 7.32. The molecule has 1 atom stereocenters. The third-order valence-corrected chi connectivity index (χ3v) is 5.18. The van der Waals surface area contributed by atoms with E-state index in [1.165, 1.54) is 0 Å². The van der Waals surface area contributed by atoms with Crippen molar-refractivity contribution in [2.45, 2.75) is 32.7 Å². The highest BCUT2D eigenvalue weighted by molar-refractivity contribution is 7.80. The fourth-order valence-electron chi connectivity index (χ4n) is 3.00. The van der Waals surface area contributed by atoms with Crippen LogP contribution in [-0.4, -0.2) is 55.9 Å². The van der Waals surface area contributed by atoms with E-state index < -0.39 is 12.0 Å². The number of methoxy groups -OCH3 is 1. The third-order valence-electron chi connectivity index (χ3n) is 4.79. The summed E-state index contributed by atoms with van der Waals surface area (Å²) < 4.78 is 10.3. The van der Waals surface area contributed by atoms with Crippen LogP contribution in [0.1, 0.15) is 38.3 Å². The third kappa shape index (κ3) is 6.17. The second-order valence-electron chi connectivity index (χ2n) is 6.93. The van der Waals surface area contributed by atoms with Crippen LogP contribution in [0.15, 0.2) is 35.5 Å². The molecule has 30 heavy (non-hydrogen) atoms. The van der Waals surface area contributed by atoms with Gasteiger partial charge in [-0.3, -0.25) is 0 Å². The number of thiocarbonyl (C=S) groups is 1. The summed E-state index contributed by atoms with van der Waals surface area (Å²) in [5.41, 5.74) is 2.58. The minimum Gasteiger partial charge on any atom is -0.460 e. The fraction of sp³-hybridized carbons (Fsp3) is 0.476. The number of anilines is 1. The molecule has 1 aromatic rings. The van der Waals surface area contributed by atoms with Gasteiger partial charge in [-0.1, -0.05) is 25.5 Å². The van der Waals surface area contributed by atoms with Crippen molar-refractivity contribution >= 4 is 35.0 Å². The molecule has 9 heteroatoms. The monoisotopic (exact) mass is 434 g/mol. The van der Waals surface area contributed by atoms with E-state index in [9.17, 15) is 9.59 Å². The number of hydrogen-bond donors (Lipinski definition) is 3. The number of carbonyl (C=O) groups excluding carboxylic acids is 2. The largest absolute Gasteiger partial charge is 0.460 e. The number of esters is 1. The summed E-state index contributed by atoms with van der Waals surface area (Å²) in [6.45, 7) is 4.99. The Bertz CT molecular complexity index is 812. The van der Waals surface area contributed by atoms with Gasteiger partial charge in [0.1, 0.15) is 6.61 Å². The average molecular weight is 435 g/mol. The van der Waals surface area contributed by atoms with Crippen LogP contribution in [0.2, 0.25) is 0 Å². The Kier molecular flexibility index (Phi) is 9.07. The van der Waals surface area contributed by atoms with E-state index in [2.05, 4.69) is 22.9 Å². The number of nitrogens with zero attached hydrogens (tertiary/aromatic N) is 1. The standard InChI is InChI=1S/C21H30N4O4S/c1-5-6-10-22-20(27)23-16-9-7-8-15(13-16)18-17(19(26)29-12-11-28-4)14(2)25(3)21(30)24-18/h7-9,13,18H,5-6,10-12H2,1-4H3,(H,24,30)(H2,22,23,27). The molecule has 1 heterocycles. The molecule has 3 N–H and O–H groups in total. The zero-order valence-electron chi connectivity index (χ0n) is 17.9. The second kappa shape index (κ2) is 11.5. The van der Waals surface area contributed by atoms with Crippen molar-refractivity contribution in [2.75, 3.05) is 39.2 Å². The zero-order chi connectivity index (χ0) is 22.1. The lowest BCUT2D eigenvalue weighted by atomic mass is 9.95. The normalized spacial score (nSPS) is 16.2. The lowest BCUT2D eigenvalue weighted by Crippen LogP contribution is -2.46. The Labute approximate surface area is 183 Å². The number of unbranched alkanes of at least 4 members (excludes halogenated alkanes) is 1.